The molecular weight excluding hydrogens is 279 g/mol. The molecular formula is C14H15FN2O4. The van der Waals surface area contributed by atoms with Crippen molar-refractivity contribution >= 4 is 17.9 Å². The Balaban J connectivity index is 2.01. The molecule has 1 aromatic carbocycles. The number of hydrogen-bond acceptors (Lipinski definition) is 6. The summed E-state index contributed by atoms with van der Waals surface area (Å²) < 4.78 is 18.0. The van der Waals surface area contributed by atoms with Gasteiger partial charge in [0.15, 0.2) is 0 Å². The average molecular weight is 294 g/mol. The normalized spacial score (nSPS) is 21.0. The topological polar surface area (TPSA) is 69.5 Å². The molecule has 0 aliphatic carbocycles. The second kappa shape index (κ2) is 5.90. The Kier molecular flexibility index (Phi) is 4.21. The predicted molar refractivity (Wildman–Crippen MR) is 73.9 cm³/mol. The first-order chi connectivity index (χ1) is 9.94. The van der Waals surface area contributed by atoms with E-state index in [-0.39, 0.29) is 5.75 Å². The largest absolute Gasteiger partial charge is 0.496 e. The molecule has 1 heterocycles. The van der Waals surface area contributed by atoms with Crippen molar-refractivity contribution in [2.45, 2.75) is 25.9 Å². The fourth-order valence-electron chi connectivity index (χ4n) is 1.86. The summed E-state index contributed by atoms with van der Waals surface area (Å²) in [5.74, 6) is -0.793. The Hall–Kier alpha value is -2.44. The van der Waals surface area contributed by atoms with E-state index in [1.54, 1.807) is 13.8 Å². The summed E-state index contributed by atoms with van der Waals surface area (Å²) in [5, 5.41) is 7.30. The summed E-state index contributed by atoms with van der Waals surface area (Å²) in [5.41, 5.74) is 0.0316. The van der Waals surface area contributed by atoms with E-state index in [4.69, 9.17) is 14.4 Å². The van der Waals surface area contributed by atoms with Gasteiger partial charge in [0, 0.05) is 18.1 Å². The smallest absolute Gasteiger partial charge is 0.381 e. The van der Waals surface area contributed by atoms with Gasteiger partial charge >= 0.3 is 5.97 Å². The molecule has 0 fully saturated rings. The van der Waals surface area contributed by atoms with Crippen LogP contribution in [-0.4, -0.2) is 30.6 Å². The molecule has 2 rings (SSSR count). The van der Waals surface area contributed by atoms with Gasteiger partial charge in [0.1, 0.15) is 11.6 Å². The Morgan fingerprint density at radius 1 is 1.57 bits per heavy atom. The number of oxime groups is 2. The maximum absolute atomic E-state index is 13.0. The summed E-state index contributed by atoms with van der Waals surface area (Å²) in [6, 6.07) is 3.93. The van der Waals surface area contributed by atoms with E-state index < -0.39 is 17.4 Å². The number of rotatable bonds is 4. The standard InChI is InChI=1S/C14H15FN2O4/c1-9-7-14(2,21-17-9)13(18)20-16-8-10-4-5-11(15)6-12(10)19-3/h4-6,8H,7H2,1-3H3/b16-8+. The molecule has 0 saturated heterocycles. The Morgan fingerprint density at radius 3 is 2.95 bits per heavy atom. The zero-order valence-corrected chi connectivity index (χ0v) is 11.9. The van der Waals surface area contributed by atoms with Gasteiger partial charge in [-0.3, -0.25) is 0 Å². The third-order valence-electron chi connectivity index (χ3n) is 2.95. The number of nitrogens with zero attached hydrogens (tertiary/aromatic N) is 2. The molecule has 112 valence electrons. The molecule has 1 aliphatic heterocycles. The van der Waals surface area contributed by atoms with Gasteiger partial charge in [-0.05, 0) is 26.0 Å². The Bertz CT molecular complexity index is 615. The lowest BCUT2D eigenvalue weighted by atomic mass is 10.0. The molecule has 1 aliphatic rings. The van der Waals surface area contributed by atoms with Gasteiger partial charge < -0.3 is 14.4 Å². The van der Waals surface area contributed by atoms with E-state index in [0.29, 0.717) is 17.7 Å². The van der Waals surface area contributed by atoms with Crippen molar-refractivity contribution in [3.63, 3.8) is 0 Å². The van der Waals surface area contributed by atoms with Crippen LogP contribution < -0.4 is 4.74 Å². The van der Waals surface area contributed by atoms with Crippen LogP contribution in [0.25, 0.3) is 0 Å². The molecule has 1 unspecified atom stereocenters. The molecule has 1 atom stereocenters. The fourth-order valence-corrected chi connectivity index (χ4v) is 1.86. The van der Waals surface area contributed by atoms with Crippen molar-refractivity contribution in [2.24, 2.45) is 10.3 Å². The Labute approximate surface area is 121 Å². The van der Waals surface area contributed by atoms with Gasteiger partial charge in [0.2, 0.25) is 5.60 Å². The van der Waals surface area contributed by atoms with E-state index in [1.807, 2.05) is 0 Å². The first-order valence-electron chi connectivity index (χ1n) is 6.24. The van der Waals surface area contributed by atoms with Crippen LogP contribution in [0.4, 0.5) is 4.39 Å². The lowest BCUT2D eigenvalue weighted by molar-refractivity contribution is -0.167. The van der Waals surface area contributed by atoms with Crippen LogP contribution in [0.15, 0.2) is 28.5 Å². The highest BCUT2D eigenvalue weighted by molar-refractivity contribution is 5.92. The predicted octanol–water partition coefficient (Wildman–Crippen LogP) is 2.27. The minimum absolute atomic E-state index is 0.289. The number of hydrogen-bond donors (Lipinski definition) is 0. The molecule has 0 N–H and O–H groups in total. The van der Waals surface area contributed by atoms with Crippen molar-refractivity contribution < 1.29 is 23.6 Å². The quantitative estimate of drug-likeness (QED) is 0.485. The number of benzene rings is 1. The lowest BCUT2D eigenvalue weighted by Crippen LogP contribution is -2.36. The van der Waals surface area contributed by atoms with Crippen LogP contribution in [0.1, 0.15) is 25.8 Å². The minimum Gasteiger partial charge on any atom is -0.496 e. The number of ether oxygens (including phenoxy) is 1. The average Bonchev–Trinajstić information content (AvgIpc) is 2.81. The molecule has 1 aromatic rings. The lowest BCUT2D eigenvalue weighted by Gasteiger charge is -2.16. The highest BCUT2D eigenvalue weighted by Gasteiger charge is 2.42. The van der Waals surface area contributed by atoms with Crippen molar-refractivity contribution in [3.05, 3.63) is 29.6 Å². The number of methoxy groups -OCH3 is 1. The van der Waals surface area contributed by atoms with Gasteiger partial charge in [-0.25, -0.2) is 9.18 Å². The van der Waals surface area contributed by atoms with Crippen molar-refractivity contribution in [2.75, 3.05) is 7.11 Å². The highest BCUT2D eigenvalue weighted by atomic mass is 19.1. The van der Waals surface area contributed by atoms with Crippen molar-refractivity contribution in [3.8, 4) is 5.75 Å². The molecule has 0 bridgehead atoms. The molecule has 21 heavy (non-hydrogen) atoms. The van der Waals surface area contributed by atoms with Gasteiger partial charge in [0.25, 0.3) is 0 Å². The summed E-state index contributed by atoms with van der Waals surface area (Å²) in [6.07, 6.45) is 1.61. The maximum atomic E-state index is 13.0. The second-order valence-electron chi connectivity index (χ2n) is 4.83. The molecule has 0 saturated carbocycles. The van der Waals surface area contributed by atoms with E-state index in [2.05, 4.69) is 10.3 Å². The zero-order chi connectivity index (χ0) is 15.5. The SMILES string of the molecule is COc1cc(F)ccc1/C=N/OC(=O)C1(C)CC(C)=NO1. The van der Waals surface area contributed by atoms with Gasteiger partial charge in [-0.2, -0.15) is 0 Å². The summed E-state index contributed by atoms with van der Waals surface area (Å²) in [4.78, 5) is 21.7. The molecule has 6 nitrogen and oxygen atoms in total. The summed E-state index contributed by atoms with van der Waals surface area (Å²) >= 11 is 0. The fraction of sp³-hybridized carbons (Fsp3) is 0.357. The first kappa shape index (κ1) is 15.0. The molecule has 7 heteroatoms. The monoisotopic (exact) mass is 294 g/mol. The highest BCUT2D eigenvalue weighted by Crippen LogP contribution is 2.25. The van der Waals surface area contributed by atoms with Crippen LogP contribution in [-0.2, 0) is 14.5 Å². The van der Waals surface area contributed by atoms with Gasteiger partial charge in [-0.15, -0.1) is 0 Å². The zero-order valence-electron chi connectivity index (χ0n) is 11.9. The third-order valence-corrected chi connectivity index (χ3v) is 2.95. The van der Waals surface area contributed by atoms with Crippen LogP contribution >= 0.6 is 0 Å². The summed E-state index contributed by atoms with van der Waals surface area (Å²) in [6.45, 7) is 3.33. The number of carbonyl (C=O) groups excluding carboxylic acids is 1. The van der Waals surface area contributed by atoms with Crippen LogP contribution in [0.3, 0.4) is 0 Å². The molecule has 0 spiro atoms. The van der Waals surface area contributed by atoms with Crippen LogP contribution in [0, 0.1) is 5.82 Å². The molecule has 0 amide bonds. The third kappa shape index (κ3) is 3.36. The first-order valence-corrected chi connectivity index (χ1v) is 6.24. The van der Waals surface area contributed by atoms with E-state index in [0.717, 1.165) is 0 Å². The van der Waals surface area contributed by atoms with Gasteiger partial charge in [-0.1, -0.05) is 10.3 Å². The van der Waals surface area contributed by atoms with E-state index in [1.165, 1.54) is 31.5 Å². The van der Waals surface area contributed by atoms with Crippen molar-refractivity contribution in [1.82, 2.24) is 0 Å². The second-order valence-corrected chi connectivity index (χ2v) is 4.83. The number of halogens is 1. The van der Waals surface area contributed by atoms with E-state index >= 15 is 0 Å². The van der Waals surface area contributed by atoms with Crippen LogP contribution in [0.2, 0.25) is 0 Å². The molecule has 0 aromatic heterocycles. The summed E-state index contributed by atoms with van der Waals surface area (Å²) in [7, 11) is 1.41. The minimum atomic E-state index is -1.16. The Morgan fingerprint density at radius 2 is 2.33 bits per heavy atom. The number of carbonyl (C=O) groups is 1. The molecule has 0 radical (unpaired) electrons. The van der Waals surface area contributed by atoms with Crippen LogP contribution in [0.5, 0.6) is 5.75 Å². The van der Waals surface area contributed by atoms with Gasteiger partial charge in [0.05, 0.1) is 19.0 Å². The maximum Gasteiger partial charge on any atom is 0.381 e. The van der Waals surface area contributed by atoms with E-state index in [9.17, 15) is 9.18 Å². The van der Waals surface area contributed by atoms with Crippen molar-refractivity contribution in [1.29, 1.82) is 0 Å².